The van der Waals surface area contributed by atoms with Gasteiger partial charge in [-0.3, -0.25) is 0 Å². The van der Waals surface area contributed by atoms with E-state index in [1.54, 1.807) is 0 Å². The molecular weight excluding hydrogens is 690 g/mol. The van der Waals surface area contributed by atoms with Gasteiger partial charge in [-0.2, -0.15) is 0 Å². The number of benzene rings is 2. The first-order valence-corrected chi connectivity index (χ1v) is 14.6. The van der Waals surface area contributed by atoms with E-state index in [2.05, 4.69) is 144 Å². The monoisotopic (exact) mass is 718 g/mol. The summed E-state index contributed by atoms with van der Waals surface area (Å²) in [7, 11) is 0. The fourth-order valence-corrected chi connectivity index (χ4v) is 8.48. The van der Waals surface area contributed by atoms with Gasteiger partial charge in [-0.15, -0.1) is 0 Å². The van der Waals surface area contributed by atoms with Crippen molar-refractivity contribution in [2.75, 3.05) is 0 Å². The van der Waals surface area contributed by atoms with E-state index in [-0.39, 0.29) is 0 Å². The van der Waals surface area contributed by atoms with Gasteiger partial charge in [-0.25, -0.2) is 0 Å². The van der Waals surface area contributed by atoms with Crippen LogP contribution in [0.4, 0.5) is 0 Å². The molecule has 1 aliphatic rings. The summed E-state index contributed by atoms with van der Waals surface area (Å²) in [5.41, 5.74) is 12.6. The molecule has 0 radical (unpaired) electrons. The molecule has 0 saturated carbocycles. The van der Waals surface area contributed by atoms with Gasteiger partial charge in [0.1, 0.15) is 0 Å². The van der Waals surface area contributed by atoms with E-state index in [0.717, 1.165) is 0 Å². The summed E-state index contributed by atoms with van der Waals surface area (Å²) in [6.07, 6.45) is 2.49. The number of hydrogen-bond donors (Lipinski definition) is 0. The summed E-state index contributed by atoms with van der Waals surface area (Å²) in [5.74, 6) is 1.02. The zero-order valence-electron chi connectivity index (χ0n) is 19.6. The quantitative estimate of drug-likeness (QED) is 0.130. The molecule has 0 aliphatic heterocycles. The molecule has 5 heteroatoms. The summed E-state index contributed by atoms with van der Waals surface area (Å²) < 4.78 is 2.97. The Hall–Kier alpha value is 0.415. The smallest absolute Gasteiger partial charge is 0.0840 e. The van der Waals surface area contributed by atoms with E-state index in [1.807, 2.05) is 0 Å². The maximum atomic E-state index is 4.04. The SMILES string of the molecule is CC1=CC(I)C(B(c2c(C)cc(C)c(Br)c2C)c2c(C)cc(C)c(Br)c2C)[C@@H](C)C1Br. The Kier molecular flexibility index (Phi) is 8.36. The zero-order valence-corrected chi connectivity index (χ0v) is 26.5. The van der Waals surface area contributed by atoms with E-state index in [1.165, 1.54) is 58.8 Å². The first kappa shape index (κ1) is 26.0. The van der Waals surface area contributed by atoms with Gasteiger partial charge in [0.15, 0.2) is 0 Å². The highest BCUT2D eigenvalue weighted by atomic mass is 127. The van der Waals surface area contributed by atoms with Gasteiger partial charge < -0.3 is 0 Å². The maximum Gasteiger partial charge on any atom is 0.215 e. The zero-order chi connectivity index (χ0) is 23.4. The van der Waals surface area contributed by atoms with E-state index in [4.69, 9.17) is 0 Å². The molecule has 0 aromatic heterocycles. The molecule has 0 fully saturated rings. The first-order valence-electron chi connectivity index (χ1n) is 10.9. The molecule has 3 unspecified atom stereocenters. The lowest BCUT2D eigenvalue weighted by atomic mass is 9.28. The van der Waals surface area contributed by atoms with Crippen LogP contribution in [-0.2, 0) is 0 Å². The van der Waals surface area contributed by atoms with Gasteiger partial charge in [0.25, 0.3) is 0 Å². The topological polar surface area (TPSA) is 0 Å². The highest BCUT2D eigenvalue weighted by Crippen LogP contribution is 2.44. The number of alkyl halides is 2. The third kappa shape index (κ3) is 4.68. The molecule has 3 rings (SSSR count). The Bertz CT molecular complexity index is 996. The Balaban J connectivity index is 2.41. The Morgan fingerprint density at radius 2 is 1.19 bits per heavy atom. The molecule has 31 heavy (non-hydrogen) atoms. The molecule has 2 aromatic rings. The normalized spacial score (nSPS) is 23.7. The molecule has 166 valence electrons. The van der Waals surface area contributed by atoms with Crippen LogP contribution in [0.15, 0.2) is 32.7 Å². The lowest BCUT2D eigenvalue weighted by Crippen LogP contribution is -2.56. The number of rotatable bonds is 3. The average molecular weight is 721 g/mol. The second-order valence-electron chi connectivity index (χ2n) is 9.40. The number of allylic oxidation sites excluding steroid dienone is 2. The van der Waals surface area contributed by atoms with Crippen LogP contribution < -0.4 is 10.9 Å². The lowest BCUT2D eigenvalue weighted by molar-refractivity contribution is 0.534. The van der Waals surface area contributed by atoms with Gasteiger partial charge in [0, 0.05) is 17.7 Å². The minimum atomic E-state index is 0.329. The minimum absolute atomic E-state index is 0.329. The van der Waals surface area contributed by atoms with Crippen LogP contribution in [0.3, 0.4) is 0 Å². The van der Waals surface area contributed by atoms with Crippen molar-refractivity contribution < 1.29 is 0 Å². The lowest BCUT2D eigenvalue weighted by Gasteiger charge is -2.41. The Morgan fingerprint density at radius 1 is 0.774 bits per heavy atom. The van der Waals surface area contributed by atoms with Crippen LogP contribution in [0.5, 0.6) is 0 Å². The van der Waals surface area contributed by atoms with Gasteiger partial charge in [-0.1, -0.05) is 123 Å². The number of halogens is 4. The minimum Gasteiger partial charge on any atom is -0.0840 e. The second-order valence-corrected chi connectivity index (χ2v) is 13.4. The standard InChI is InChI=1S/C26H31BBr3I/c1-12-9-14(3)24(28)17(6)21(12)27(22-13(2)10-15(4)25(29)18(22)7)23-19(8)26(30)16(5)11-20(23)31/h9-11,19-20,23,26H,1-8H3/t19-,20?,23?,26?/m1/s1. The molecule has 0 saturated heterocycles. The van der Waals surface area contributed by atoms with Crippen LogP contribution >= 0.6 is 70.4 Å². The fraction of sp³-hybridized carbons (Fsp3) is 0.462. The molecule has 0 nitrogen and oxygen atoms in total. The van der Waals surface area contributed by atoms with Crippen molar-refractivity contribution in [2.45, 2.75) is 70.0 Å². The predicted molar refractivity (Wildman–Crippen MR) is 159 cm³/mol. The Morgan fingerprint density at radius 3 is 1.61 bits per heavy atom. The molecule has 0 spiro atoms. The number of aryl methyl sites for hydroxylation is 4. The van der Waals surface area contributed by atoms with E-state index >= 15 is 0 Å². The van der Waals surface area contributed by atoms with Crippen LogP contribution in [0.2, 0.25) is 5.82 Å². The fourth-order valence-electron chi connectivity index (χ4n) is 5.68. The van der Waals surface area contributed by atoms with Crippen molar-refractivity contribution >= 4 is 88.0 Å². The third-order valence-corrected chi connectivity index (χ3v) is 12.4. The van der Waals surface area contributed by atoms with Crippen molar-refractivity contribution in [1.29, 1.82) is 0 Å². The maximum absolute atomic E-state index is 4.04. The first-order chi connectivity index (χ1) is 14.4. The van der Waals surface area contributed by atoms with Crippen LogP contribution in [-0.4, -0.2) is 15.5 Å². The predicted octanol–water partition coefficient (Wildman–Crippen LogP) is 8.20. The van der Waals surface area contributed by atoms with Gasteiger partial charge in [0.2, 0.25) is 6.71 Å². The van der Waals surface area contributed by atoms with Gasteiger partial charge >= 0.3 is 0 Å². The summed E-state index contributed by atoms with van der Waals surface area (Å²) in [6, 6.07) is 4.71. The molecule has 0 amide bonds. The van der Waals surface area contributed by atoms with Crippen molar-refractivity contribution in [3.63, 3.8) is 0 Å². The second kappa shape index (κ2) is 9.96. The van der Waals surface area contributed by atoms with Crippen molar-refractivity contribution in [1.82, 2.24) is 0 Å². The van der Waals surface area contributed by atoms with Crippen LogP contribution in [0.25, 0.3) is 0 Å². The van der Waals surface area contributed by atoms with Crippen LogP contribution in [0, 0.1) is 47.5 Å². The highest BCUT2D eigenvalue weighted by Gasteiger charge is 2.44. The van der Waals surface area contributed by atoms with Crippen molar-refractivity contribution in [2.24, 2.45) is 5.92 Å². The molecule has 2 aromatic carbocycles. The third-order valence-electron chi connectivity index (χ3n) is 7.18. The largest absolute Gasteiger partial charge is 0.215 e. The van der Waals surface area contributed by atoms with Gasteiger partial charge in [0.05, 0.1) is 0 Å². The van der Waals surface area contributed by atoms with Crippen molar-refractivity contribution in [3.05, 3.63) is 66.1 Å². The number of hydrogen-bond acceptors (Lipinski definition) is 0. The molecule has 0 bridgehead atoms. The van der Waals surface area contributed by atoms with E-state index < -0.39 is 0 Å². The molecule has 0 N–H and O–H groups in total. The Labute approximate surface area is 228 Å². The van der Waals surface area contributed by atoms with Crippen LogP contribution in [0.1, 0.15) is 47.2 Å². The average Bonchev–Trinajstić information content (AvgIpc) is 2.68. The highest BCUT2D eigenvalue weighted by molar-refractivity contribution is 14.1. The molecular formula is C26H31BBr3I. The summed E-state index contributed by atoms with van der Waals surface area (Å²) in [5, 5.41) is 0. The summed E-state index contributed by atoms with van der Waals surface area (Å²) in [6.45, 7) is 18.6. The summed E-state index contributed by atoms with van der Waals surface area (Å²) in [4.78, 5) is 0.412. The van der Waals surface area contributed by atoms with Gasteiger partial charge in [-0.05, 0) is 82.5 Å². The summed E-state index contributed by atoms with van der Waals surface area (Å²) >= 11 is 14.5. The van der Waals surface area contributed by atoms with E-state index in [0.29, 0.717) is 27.2 Å². The van der Waals surface area contributed by atoms with Crippen molar-refractivity contribution in [3.8, 4) is 0 Å². The van der Waals surface area contributed by atoms with E-state index in [9.17, 15) is 0 Å². The molecule has 1 aliphatic carbocycles. The molecule has 4 atom stereocenters. The molecule has 0 heterocycles.